The molecule has 0 amide bonds. The van der Waals surface area contributed by atoms with Gasteiger partial charge in [-0.2, -0.15) is 0 Å². The maximum absolute atomic E-state index is 12.4. The Bertz CT molecular complexity index is 163. The Kier molecular flexibility index (Phi) is 3.28. The molecule has 0 aliphatic carbocycles. The smallest absolute Gasteiger partial charge is 0.253 e. The molecule has 1 nitrogen and oxygen atoms in total. The van der Waals surface area contributed by atoms with Crippen LogP contribution < -0.4 is 5.32 Å². The highest BCUT2D eigenvalue weighted by Crippen LogP contribution is 2.35. The molecule has 1 saturated heterocycles. The molecule has 1 N–H and O–H groups in total. The number of hydrogen-bond donors (Lipinski definition) is 1. The van der Waals surface area contributed by atoms with E-state index in [1.165, 1.54) is 0 Å². The first-order chi connectivity index (χ1) is 5.91. The van der Waals surface area contributed by atoms with Crippen LogP contribution in [0.15, 0.2) is 0 Å². The van der Waals surface area contributed by atoms with Gasteiger partial charge in [-0.15, -0.1) is 0 Å². The Morgan fingerprint density at radius 1 is 1.31 bits per heavy atom. The van der Waals surface area contributed by atoms with E-state index in [0.29, 0.717) is 12.3 Å². The highest BCUT2D eigenvalue weighted by Gasteiger charge is 2.33. The van der Waals surface area contributed by atoms with E-state index in [-0.39, 0.29) is 5.41 Å². The monoisotopic (exact) mass is 191 g/mol. The molecule has 0 radical (unpaired) electrons. The third-order valence-corrected chi connectivity index (χ3v) is 2.97. The Morgan fingerprint density at radius 2 is 1.92 bits per heavy atom. The van der Waals surface area contributed by atoms with Gasteiger partial charge in [0.1, 0.15) is 0 Å². The normalized spacial score (nSPS) is 30.9. The predicted octanol–water partition coefficient (Wildman–Crippen LogP) is 2.67. The lowest BCUT2D eigenvalue weighted by molar-refractivity contribution is 0.0499. The summed E-state index contributed by atoms with van der Waals surface area (Å²) < 4.78 is 24.8. The van der Waals surface area contributed by atoms with Gasteiger partial charge in [0.2, 0.25) is 0 Å². The minimum absolute atomic E-state index is 0.162. The summed E-state index contributed by atoms with van der Waals surface area (Å²) in [4.78, 5) is 0. The minimum Gasteiger partial charge on any atom is -0.309 e. The standard InChI is InChI=1S/C10H19F2N/c1-10(2,3)7-4-5-13-8(6-7)9(11)12/h7-9,13H,4-6H2,1-3H3. The molecule has 13 heavy (non-hydrogen) atoms. The molecule has 0 bridgehead atoms. The van der Waals surface area contributed by atoms with Gasteiger partial charge >= 0.3 is 0 Å². The first-order valence-electron chi connectivity index (χ1n) is 4.93. The molecule has 3 heteroatoms. The van der Waals surface area contributed by atoms with Crippen molar-refractivity contribution in [3.63, 3.8) is 0 Å². The fourth-order valence-electron chi connectivity index (χ4n) is 1.93. The van der Waals surface area contributed by atoms with Crippen molar-refractivity contribution in [2.45, 2.75) is 46.1 Å². The number of rotatable bonds is 1. The molecule has 78 valence electrons. The third-order valence-electron chi connectivity index (χ3n) is 2.97. The van der Waals surface area contributed by atoms with E-state index in [1.807, 2.05) is 0 Å². The maximum Gasteiger partial charge on any atom is 0.253 e. The van der Waals surface area contributed by atoms with Crippen molar-refractivity contribution < 1.29 is 8.78 Å². The Labute approximate surface area is 78.9 Å². The third kappa shape index (κ3) is 2.90. The molecular formula is C10H19F2N. The second-order valence-corrected chi connectivity index (χ2v) is 4.98. The Hall–Kier alpha value is -0.180. The molecule has 2 unspecified atom stereocenters. The van der Waals surface area contributed by atoms with Crippen LogP contribution in [0.3, 0.4) is 0 Å². The van der Waals surface area contributed by atoms with Crippen LogP contribution in [0.25, 0.3) is 0 Å². The van der Waals surface area contributed by atoms with Crippen molar-refractivity contribution in [1.29, 1.82) is 0 Å². The second-order valence-electron chi connectivity index (χ2n) is 4.98. The number of alkyl halides is 2. The SMILES string of the molecule is CC(C)(C)C1CCNC(C(F)F)C1. The van der Waals surface area contributed by atoms with Gasteiger partial charge in [0.15, 0.2) is 0 Å². The maximum atomic E-state index is 12.4. The summed E-state index contributed by atoms with van der Waals surface area (Å²) in [6.45, 7) is 7.12. The lowest BCUT2D eigenvalue weighted by Gasteiger charge is -2.37. The van der Waals surface area contributed by atoms with Crippen LogP contribution in [0.1, 0.15) is 33.6 Å². The van der Waals surface area contributed by atoms with Gasteiger partial charge in [-0.1, -0.05) is 20.8 Å². The summed E-state index contributed by atoms with van der Waals surface area (Å²) in [7, 11) is 0. The van der Waals surface area contributed by atoms with Gasteiger partial charge in [-0.25, -0.2) is 8.78 Å². The fourth-order valence-corrected chi connectivity index (χ4v) is 1.93. The van der Waals surface area contributed by atoms with Crippen molar-refractivity contribution in [3.05, 3.63) is 0 Å². The van der Waals surface area contributed by atoms with Crippen molar-refractivity contribution >= 4 is 0 Å². The van der Waals surface area contributed by atoms with Crippen LogP contribution in [-0.2, 0) is 0 Å². The highest BCUT2D eigenvalue weighted by atomic mass is 19.3. The number of halogens is 2. The molecule has 1 aliphatic heterocycles. The topological polar surface area (TPSA) is 12.0 Å². The van der Waals surface area contributed by atoms with Crippen molar-refractivity contribution in [1.82, 2.24) is 5.32 Å². The molecule has 1 aliphatic rings. The molecule has 1 heterocycles. The lowest BCUT2D eigenvalue weighted by atomic mass is 9.74. The summed E-state index contributed by atoms with van der Waals surface area (Å²) in [5, 5.41) is 2.87. The van der Waals surface area contributed by atoms with Crippen LogP contribution in [0.5, 0.6) is 0 Å². The summed E-state index contributed by atoms with van der Waals surface area (Å²) in [6.07, 6.45) is -0.585. The van der Waals surface area contributed by atoms with Crippen molar-refractivity contribution in [2.75, 3.05) is 6.54 Å². The predicted molar refractivity (Wildman–Crippen MR) is 50.0 cm³/mol. The van der Waals surface area contributed by atoms with E-state index in [4.69, 9.17) is 0 Å². The lowest BCUT2D eigenvalue weighted by Crippen LogP contribution is -2.45. The molecule has 2 atom stereocenters. The zero-order valence-electron chi connectivity index (χ0n) is 8.61. The van der Waals surface area contributed by atoms with Gasteiger partial charge < -0.3 is 5.32 Å². The van der Waals surface area contributed by atoms with Crippen molar-refractivity contribution in [2.24, 2.45) is 11.3 Å². The van der Waals surface area contributed by atoms with Crippen molar-refractivity contribution in [3.8, 4) is 0 Å². The van der Waals surface area contributed by atoms with E-state index in [2.05, 4.69) is 26.1 Å². The number of piperidine rings is 1. The van der Waals surface area contributed by atoms with Gasteiger partial charge in [-0.05, 0) is 30.7 Å². The molecule has 0 aromatic carbocycles. The number of hydrogen-bond acceptors (Lipinski definition) is 1. The van der Waals surface area contributed by atoms with Crippen LogP contribution in [0.2, 0.25) is 0 Å². The molecule has 1 fully saturated rings. The van der Waals surface area contributed by atoms with Gasteiger partial charge in [0.05, 0.1) is 6.04 Å². The molecular weight excluding hydrogens is 172 g/mol. The summed E-state index contributed by atoms with van der Waals surface area (Å²) in [6, 6.07) is -0.585. The molecule has 0 aromatic heterocycles. The second kappa shape index (κ2) is 3.91. The Morgan fingerprint density at radius 3 is 2.38 bits per heavy atom. The quantitative estimate of drug-likeness (QED) is 0.672. The summed E-state index contributed by atoms with van der Waals surface area (Å²) in [5.41, 5.74) is 0.162. The zero-order chi connectivity index (χ0) is 10.1. The van der Waals surface area contributed by atoms with Crippen LogP contribution in [0, 0.1) is 11.3 Å². The molecule has 1 rings (SSSR count). The van der Waals surface area contributed by atoms with Crippen LogP contribution in [-0.4, -0.2) is 19.0 Å². The average Bonchev–Trinajstić information content (AvgIpc) is 2.03. The van der Waals surface area contributed by atoms with E-state index in [1.54, 1.807) is 0 Å². The van der Waals surface area contributed by atoms with Gasteiger partial charge in [0.25, 0.3) is 6.43 Å². The molecule has 0 aromatic rings. The highest BCUT2D eigenvalue weighted by molar-refractivity contribution is 4.85. The largest absolute Gasteiger partial charge is 0.309 e. The minimum atomic E-state index is -2.22. The van der Waals surface area contributed by atoms with Crippen LogP contribution in [0.4, 0.5) is 8.78 Å². The van der Waals surface area contributed by atoms with E-state index in [9.17, 15) is 8.78 Å². The summed E-state index contributed by atoms with van der Waals surface area (Å²) in [5.74, 6) is 0.424. The van der Waals surface area contributed by atoms with E-state index in [0.717, 1.165) is 13.0 Å². The van der Waals surface area contributed by atoms with Gasteiger partial charge in [0, 0.05) is 0 Å². The fraction of sp³-hybridized carbons (Fsp3) is 1.00. The number of nitrogens with one attached hydrogen (secondary N) is 1. The first kappa shape index (κ1) is 10.9. The Balaban J connectivity index is 2.52. The first-order valence-corrected chi connectivity index (χ1v) is 4.93. The summed E-state index contributed by atoms with van der Waals surface area (Å²) >= 11 is 0. The van der Waals surface area contributed by atoms with Crippen LogP contribution >= 0.6 is 0 Å². The molecule has 0 spiro atoms. The van der Waals surface area contributed by atoms with Gasteiger partial charge in [-0.3, -0.25) is 0 Å². The van der Waals surface area contributed by atoms with E-state index >= 15 is 0 Å². The van der Waals surface area contributed by atoms with E-state index < -0.39 is 12.5 Å². The zero-order valence-corrected chi connectivity index (χ0v) is 8.61. The molecule has 0 saturated carbocycles. The average molecular weight is 191 g/mol.